The average Bonchev–Trinajstić information content (AvgIpc) is 2.58. The monoisotopic (exact) mass is 205 g/mol. The predicted octanol–water partition coefficient (Wildman–Crippen LogP) is 2.12. The molecule has 2 rings (SSSR count). The summed E-state index contributed by atoms with van der Waals surface area (Å²) in [5, 5.41) is 4.13. The van der Waals surface area contributed by atoms with Crippen molar-refractivity contribution in [3.8, 4) is 11.3 Å². The molecule has 0 aliphatic heterocycles. The number of rotatable bonds is 1. The molecule has 15 heavy (non-hydrogen) atoms. The van der Waals surface area contributed by atoms with Gasteiger partial charge < -0.3 is 5.73 Å². The van der Waals surface area contributed by atoms with E-state index in [1.54, 1.807) is 37.0 Å². The molecule has 1 heterocycles. The Labute approximate surface area is 87.3 Å². The van der Waals surface area contributed by atoms with Gasteiger partial charge in [-0.25, -0.2) is 4.39 Å². The number of nitrogens with zero attached hydrogens (tertiary/aromatic N) is 2. The topological polar surface area (TPSA) is 43.8 Å². The second-order valence-corrected chi connectivity index (χ2v) is 3.56. The van der Waals surface area contributed by atoms with E-state index in [1.165, 1.54) is 6.07 Å². The predicted molar refractivity (Wildman–Crippen MR) is 57.8 cm³/mol. The van der Waals surface area contributed by atoms with Crippen molar-refractivity contribution in [1.29, 1.82) is 0 Å². The Morgan fingerprint density at radius 2 is 2.13 bits per heavy atom. The van der Waals surface area contributed by atoms with E-state index >= 15 is 0 Å². The third kappa shape index (κ3) is 1.70. The fourth-order valence-corrected chi connectivity index (χ4v) is 1.44. The van der Waals surface area contributed by atoms with E-state index in [9.17, 15) is 4.39 Å². The summed E-state index contributed by atoms with van der Waals surface area (Å²) in [4.78, 5) is 0. The third-order valence-corrected chi connectivity index (χ3v) is 2.35. The summed E-state index contributed by atoms with van der Waals surface area (Å²) in [7, 11) is 1.79. The van der Waals surface area contributed by atoms with Gasteiger partial charge in [0.1, 0.15) is 5.82 Å². The van der Waals surface area contributed by atoms with Crippen molar-refractivity contribution in [1.82, 2.24) is 9.78 Å². The van der Waals surface area contributed by atoms with Crippen LogP contribution in [0.3, 0.4) is 0 Å². The molecule has 0 bridgehead atoms. The first kappa shape index (κ1) is 9.71. The largest absolute Gasteiger partial charge is 0.398 e. The molecule has 0 aliphatic carbocycles. The Morgan fingerprint density at radius 3 is 2.73 bits per heavy atom. The lowest BCUT2D eigenvalue weighted by molar-refractivity contribution is 0.629. The molecule has 0 fully saturated rings. The van der Waals surface area contributed by atoms with Crippen LogP contribution in [0, 0.1) is 12.7 Å². The van der Waals surface area contributed by atoms with E-state index < -0.39 is 0 Å². The molecule has 0 unspecified atom stereocenters. The molecule has 0 amide bonds. The van der Waals surface area contributed by atoms with Crippen molar-refractivity contribution in [3.05, 3.63) is 35.8 Å². The zero-order valence-electron chi connectivity index (χ0n) is 8.66. The van der Waals surface area contributed by atoms with Gasteiger partial charge in [-0.3, -0.25) is 4.68 Å². The van der Waals surface area contributed by atoms with E-state index in [0.717, 1.165) is 5.56 Å². The first-order chi connectivity index (χ1) is 7.08. The second kappa shape index (κ2) is 3.38. The molecule has 0 saturated heterocycles. The Hall–Kier alpha value is -1.84. The summed E-state index contributed by atoms with van der Waals surface area (Å²) in [5.74, 6) is -0.291. The number of hydrogen-bond acceptors (Lipinski definition) is 2. The van der Waals surface area contributed by atoms with Gasteiger partial charge in [0, 0.05) is 24.5 Å². The van der Waals surface area contributed by atoms with Gasteiger partial charge in [-0.1, -0.05) is 0 Å². The van der Waals surface area contributed by atoms with Gasteiger partial charge in [0.05, 0.1) is 5.69 Å². The fraction of sp³-hybridized carbons (Fsp3) is 0.182. The van der Waals surface area contributed by atoms with E-state index in [2.05, 4.69) is 5.10 Å². The molecule has 1 aromatic carbocycles. The van der Waals surface area contributed by atoms with E-state index in [4.69, 9.17) is 5.73 Å². The lowest BCUT2D eigenvalue weighted by Gasteiger charge is -2.04. The molecule has 78 valence electrons. The highest BCUT2D eigenvalue weighted by Gasteiger charge is 2.09. The van der Waals surface area contributed by atoms with E-state index in [1.807, 2.05) is 0 Å². The van der Waals surface area contributed by atoms with Crippen LogP contribution < -0.4 is 5.73 Å². The fourth-order valence-electron chi connectivity index (χ4n) is 1.44. The summed E-state index contributed by atoms with van der Waals surface area (Å²) in [5.41, 5.74) is 8.10. The van der Waals surface area contributed by atoms with Gasteiger partial charge in [-0.2, -0.15) is 5.10 Å². The number of anilines is 1. The average molecular weight is 205 g/mol. The summed E-state index contributed by atoms with van der Waals surface area (Å²) in [6, 6.07) is 4.81. The van der Waals surface area contributed by atoms with Gasteiger partial charge >= 0.3 is 0 Å². The number of benzene rings is 1. The summed E-state index contributed by atoms with van der Waals surface area (Å²) < 4.78 is 15.3. The standard InChI is InChI=1S/C11H12FN3/c1-7-5-9(12)8(6-10(7)13)11-3-4-15(2)14-11/h3-6H,13H2,1-2H3. The van der Waals surface area contributed by atoms with E-state index in [0.29, 0.717) is 16.9 Å². The molecule has 0 spiro atoms. The Balaban J connectivity index is 2.58. The molecule has 2 aromatic rings. The maximum absolute atomic E-state index is 13.6. The van der Waals surface area contributed by atoms with Crippen LogP contribution in [0.15, 0.2) is 24.4 Å². The first-order valence-electron chi connectivity index (χ1n) is 4.63. The summed E-state index contributed by atoms with van der Waals surface area (Å²) in [6.45, 7) is 1.78. The molecule has 1 aromatic heterocycles. The Bertz CT molecular complexity index is 503. The normalized spacial score (nSPS) is 10.6. The smallest absolute Gasteiger partial charge is 0.133 e. The van der Waals surface area contributed by atoms with Crippen LogP contribution >= 0.6 is 0 Å². The minimum absolute atomic E-state index is 0.291. The number of halogens is 1. The number of nitrogen functional groups attached to an aromatic ring is 1. The minimum atomic E-state index is -0.291. The molecule has 0 saturated carbocycles. The van der Waals surface area contributed by atoms with Crippen LogP contribution in [0.25, 0.3) is 11.3 Å². The van der Waals surface area contributed by atoms with Crippen molar-refractivity contribution >= 4 is 5.69 Å². The summed E-state index contributed by atoms with van der Waals surface area (Å²) >= 11 is 0. The van der Waals surface area contributed by atoms with Crippen LogP contribution in [0.5, 0.6) is 0 Å². The van der Waals surface area contributed by atoms with Gasteiger partial charge in [-0.15, -0.1) is 0 Å². The Morgan fingerprint density at radius 1 is 1.40 bits per heavy atom. The highest BCUT2D eigenvalue weighted by atomic mass is 19.1. The zero-order valence-corrected chi connectivity index (χ0v) is 8.66. The lowest BCUT2D eigenvalue weighted by atomic mass is 10.1. The van der Waals surface area contributed by atoms with Crippen LogP contribution in [0.4, 0.5) is 10.1 Å². The van der Waals surface area contributed by atoms with Crippen LogP contribution in [-0.4, -0.2) is 9.78 Å². The van der Waals surface area contributed by atoms with Crippen LogP contribution in [0.2, 0.25) is 0 Å². The minimum Gasteiger partial charge on any atom is -0.398 e. The van der Waals surface area contributed by atoms with Gasteiger partial charge in [0.15, 0.2) is 0 Å². The maximum Gasteiger partial charge on any atom is 0.133 e. The molecule has 0 aliphatic rings. The molecular weight excluding hydrogens is 193 g/mol. The van der Waals surface area contributed by atoms with Crippen molar-refractivity contribution in [2.45, 2.75) is 6.92 Å². The Kier molecular flexibility index (Phi) is 2.19. The van der Waals surface area contributed by atoms with E-state index in [-0.39, 0.29) is 5.82 Å². The number of aryl methyl sites for hydroxylation is 2. The highest BCUT2D eigenvalue weighted by Crippen LogP contribution is 2.25. The molecule has 4 heteroatoms. The molecule has 2 N–H and O–H groups in total. The molecule has 3 nitrogen and oxygen atoms in total. The first-order valence-corrected chi connectivity index (χ1v) is 4.63. The third-order valence-electron chi connectivity index (χ3n) is 2.35. The maximum atomic E-state index is 13.6. The number of hydrogen-bond donors (Lipinski definition) is 1. The summed E-state index contributed by atoms with van der Waals surface area (Å²) in [6.07, 6.45) is 1.77. The SMILES string of the molecule is Cc1cc(F)c(-c2ccn(C)n2)cc1N. The van der Waals surface area contributed by atoms with Gasteiger partial charge in [0.2, 0.25) is 0 Å². The van der Waals surface area contributed by atoms with Crippen molar-refractivity contribution in [2.24, 2.45) is 7.05 Å². The molecular formula is C11H12FN3. The lowest BCUT2D eigenvalue weighted by Crippen LogP contribution is -1.95. The quantitative estimate of drug-likeness (QED) is 0.725. The van der Waals surface area contributed by atoms with Crippen LogP contribution in [0.1, 0.15) is 5.56 Å². The van der Waals surface area contributed by atoms with Gasteiger partial charge in [0.25, 0.3) is 0 Å². The van der Waals surface area contributed by atoms with Crippen LogP contribution in [-0.2, 0) is 7.05 Å². The van der Waals surface area contributed by atoms with Crippen molar-refractivity contribution in [2.75, 3.05) is 5.73 Å². The number of nitrogens with two attached hydrogens (primary N) is 1. The number of aromatic nitrogens is 2. The second-order valence-electron chi connectivity index (χ2n) is 3.56. The molecule has 0 atom stereocenters. The highest BCUT2D eigenvalue weighted by molar-refractivity contribution is 5.66. The van der Waals surface area contributed by atoms with Crippen molar-refractivity contribution in [3.63, 3.8) is 0 Å². The zero-order chi connectivity index (χ0) is 11.0. The van der Waals surface area contributed by atoms with Crippen molar-refractivity contribution < 1.29 is 4.39 Å². The molecule has 0 radical (unpaired) electrons. The van der Waals surface area contributed by atoms with Gasteiger partial charge in [-0.05, 0) is 30.7 Å².